The number of rotatable bonds is 4. The highest BCUT2D eigenvalue weighted by Gasteiger charge is 2.29. The summed E-state index contributed by atoms with van der Waals surface area (Å²) >= 11 is 12.1. The average Bonchev–Trinajstić information content (AvgIpc) is 2.96. The van der Waals surface area contributed by atoms with E-state index in [2.05, 4.69) is 31.9 Å². The molecule has 40 heavy (non-hydrogen) atoms. The molecule has 1 saturated heterocycles. The lowest BCUT2D eigenvalue weighted by Gasteiger charge is -2.37. The highest BCUT2D eigenvalue weighted by molar-refractivity contribution is 6.31. The van der Waals surface area contributed by atoms with Crippen LogP contribution < -0.4 is 32.1 Å². The fourth-order valence-electron chi connectivity index (χ4n) is 5.39. The van der Waals surface area contributed by atoms with Gasteiger partial charge in [0.25, 0.3) is 5.56 Å². The number of piperazine rings is 1. The van der Waals surface area contributed by atoms with Gasteiger partial charge >= 0.3 is 0 Å². The normalized spacial score (nSPS) is 20.4. The Morgan fingerprint density at radius 2 is 1.95 bits per heavy atom. The highest BCUT2D eigenvalue weighted by Crippen LogP contribution is 2.31. The van der Waals surface area contributed by atoms with E-state index >= 15 is 0 Å². The molecule has 0 spiro atoms. The van der Waals surface area contributed by atoms with Crippen molar-refractivity contribution in [1.29, 1.82) is 0 Å². The molecule has 2 aromatic carbocycles. The molecule has 2 bridgehead atoms. The number of nitrogens with one attached hydrogen (secondary N) is 3. The number of amides is 1. The Hall–Kier alpha value is -3.53. The summed E-state index contributed by atoms with van der Waals surface area (Å²) in [6.45, 7) is 2.76. The molecule has 0 saturated carbocycles. The van der Waals surface area contributed by atoms with E-state index < -0.39 is 0 Å². The van der Waals surface area contributed by atoms with E-state index in [-0.39, 0.29) is 28.7 Å². The molecule has 2 unspecified atom stereocenters. The van der Waals surface area contributed by atoms with E-state index in [1.165, 1.54) is 12.3 Å². The van der Waals surface area contributed by atoms with Crippen molar-refractivity contribution >= 4 is 40.5 Å². The average molecular weight is 583 g/mol. The number of nitrogens with zero attached hydrogens (tertiary/aromatic N) is 3. The Morgan fingerprint density at radius 1 is 1.07 bits per heavy atom. The summed E-state index contributed by atoms with van der Waals surface area (Å²) in [6, 6.07) is 14.5. The maximum absolute atomic E-state index is 13.6. The second kappa shape index (κ2) is 12.8. The summed E-state index contributed by atoms with van der Waals surface area (Å²) in [4.78, 5) is 33.4. The molecular weight excluding hydrogens is 549 g/mol. The van der Waals surface area contributed by atoms with E-state index in [1.54, 1.807) is 29.1 Å². The maximum Gasteiger partial charge on any atom is 0.254 e. The molecule has 5 rings (SSSR count). The van der Waals surface area contributed by atoms with E-state index in [4.69, 9.17) is 28.9 Å². The molecule has 11 heteroatoms. The third-order valence-electron chi connectivity index (χ3n) is 7.38. The first kappa shape index (κ1) is 28.0. The zero-order chi connectivity index (χ0) is 28.1. The molecule has 3 heterocycles. The van der Waals surface area contributed by atoms with E-state index in [9.17, 15) is 9.59 Å². The highest BCUT2D eigenvalue weighted by atomic mass is 35.5. The molecule has 2 aliphatic rings. The van der Waals surface area contributed by atoms with Crippen LogP contribution >= 0.6 is 23.2 Å². The number of fused-ring (bicyclic) bond motifs is 4. The van der Waals surface area contributed by atoms with E-state index in [0.29, 0.717) is 35.1 Å². The fourth-order valence-corrected chi connectivity index (χ4v) is 5.61. The summed E-state index contributed by atoms with van der Waals surface area (Å²) in [5.41, 5.74) is 9.20. The fraction of sp³-hybridized carbons (Fsp3) is 0.345. The Labute approximate surface area is 243 Å². The van der Waals surface area contributed by atoms with Crippen molar-refractivity contribution in [2.24, 2.45) is 5.73 Å². The van der Waals surface area contributed by atoms with Crippen molar-refractivity contribution in [3.8, 4) is 11.3 Å². The number of hydrogen-bond acceptors (Lipinski definition) is 7. The van der Waals surface area contributed by atoms with Gasteiger partial charge in [0.15, 0.2) is 0 Å². The van der Waals surface area contributed by atoms with Gasteiger partial charge in [0.05, 0.1) is 18.1 Å². The van der Waals surface area contributed by atoms with Crippen molar-refractivity contribution in [2.45, 2.75) is 37.8 Å². The summed E-state index contributed by atoms with van der Waals surface area (Å²) in [5.74, 6) is 0.0449. The second-order valence-electron chi connectivity index (χ2n) is 10.0. The third kappa shape index (κ3) is 6.43. The molecule has 9 nitrogen and oxygen atoms in total. The lowest BCUT2D eigenvalue weighted by atomic mass is 9.98. The Kier molecular flexibility index (Phi) is 8.94. The van der Waals surface area contributed by atoms with Crippen molar-refractivity contribution in [2.75, 3.05) is 36.4 Å². The van der Waals surface area contributed by atoms with Gasteiger partial charge in [0.2, 0.25) is 5.91 Å². The molecule has 1 amide bonds. The number of nitrogens with two attached hydrogens (primary N) is 1. The summed E-state index contributed by atoms with van der Waals surface area (Å²) in [6.07, 6.45) is 6.57. The van der Waals surface area contributed by atoms with Gasteiger partial charge in [-0.3, -0.25) is 14.2 Å². The predicted molar refractivity (Wildman–Crippen MR) is 161 cm³/mol. The Balaban J connectivity index is 1.52. The number of hydrogen-bond donors (Lipinski definition) is 4. The summed E-state index contributed by atoms with van der Waals surface area (Å²) in [7, 11) is 0. The number of anilines is 2. The second-order valence-corrected chi connectivity index (χ2v) is 10.9. The first-order valence-corrected chi connectivity index (χ1v) is 14.3. The van der Waals surface area contributed by atoms with Crippen molar-refractivity contribution in [3.05, 3.63) is 87.2 Å². The van der Waals surface area contributed by atoms with Crippen LogP contribution in [0.1, 0.15) is 37.3 Å². The molecule has 1 aromatic heterocycles. The zero-order valence-electron chi connectivity index (χ0n) is 22.1. The smallest absolute Gasteiger partial charge is 0.254 e. The van der Waals surface area contributed by atoms with Gasteiger partial charge in [0.1, 0.15) is 11.2 Å². The lowest BCUT2D eigenvalue weighted by Crippen LogP contribution is -2.58. The van der Waals surface area contributed by atoms with Crippen LogP contribution in [-0.2, 0) is 4.79 Å². The minimum absolute atomic E-state index is 0.0449. The minimum Gasteiger partial charge on any atom is -0.388 e. The van der Waals surface area contributed by atoms with Gasteiger partial charge in [-0.2, -0.15) is 0 Å². The van der Waals surface area contributed by atoms with Crippen LogP contribution in [0, 0.1) is 0 Å². The number of aromatic nitrogens is 2. The molecule has 0 aliphatic carbocycles. The number of carbonyl (C=O) groups excluding carboxylic acids is 1. The SMILES string of the molecule is N/C(Cl)=C\Nc1ccc(Cl)cc1-c1cc(=O)n(C2CCCCCNC(=O)C3CNCCN3c3cccc2c3)cn1. The van der Waals surface area contributed by atoms with Crippen molar-refractivity contribution in [3.63, 3.8) is 0 Å². The number of benzene rings is 2. The minimum atomic E-state index is -0.281. The van der Waals surface area contributed by atoms with Crippen LogP contribution in [-0.4, -0.2) is 47.7 Å². The topological polar surface area (TPSA) is 117 Å². The van der Waals surface area contributed by atoms with E-state index in [0.717, 1.165) is 50.0 Å². The van der Waals surface area contributed by atoms with Gasteiger partial charge in [0, 0.05) is 60.4 Å². The standard InChI is InChI=1S/C29H33Cl2N7O2/c30-20-8-9-23(35-17-27(31)32)22(14-20)24-15-28(39)38(18-36-24)25-7-2-1-3-10-34-29(40)26-16-33-11-12-37(26)21-6-4-5-19(25)13-21/h4-6,8-9,13-15,17-18,25-26,33,35H,1-3,7,10-12,16,32H2,(H,34,40)/b27-17-. The maximum atomic E-state index is 13.6. The molecule has 3 aromatic rings. The van der Waals surface area contributed by atoms with Crippen LogP contribution in [0.25, 0.3) is 11.3 Å². The summed E-state index contributed by atoms with van der Waals surface area (Å²) in [5, 5.41) is 10.1. The molecule has 210 valence electrons. The molecular formula is C29H33Cl2N7O2. The van der Waals surface area contributed by atoms with Crippen LogP contribution in [0.3, 0.4) is 0 Å². The first-order valence-electron chi connectivity index (χ1n) is 13.5. The van der Waals surface area contributed by atoms with Crippen LogP contribution in [0.5, 0.6) is 0 Å². The van der Waals surface area contributed by atoms with Crippen LogP contribution in [0.4, 0.5) is 11.4 Å². The first-order chi connectivity index (χ1) is 19.4. The lowest BCUT2D eigenvalue weighted by molar-refractivity contribution is -0.122. The quantitative estimate of drug-likeness (QED) is 0.343. The van der Waals surface area contributed by atoms with E-state index in [1.807, 2.05) is 18.2 Å². The molecule has 2 aliphatic heterocycles. The Morgan fingerprint density at radius 3 is 2.77 bits per heavy atom. The third-order valence-corrected chi connectivity index (χ3v) is 7.73. The van der Waals surface area contributed by atoms with Crippen molar-refractivity contribution < 1.29 is 4.79 Å². The van der Waals surface area contributed by atoms with Gasteiger partial charge in [-0.05, 0) is 48.7 Å². The molecule has 5 N–H and O–H groups in total. The van der Waals surface area contributed by atoms with Gasteiger partial charge < -0.3 is 26.6 Å². The van der Waals surface area contributed by atoms with Gasteiger partial charge in [-0.1, -0.05) is 48.2 Å². The van der Waals surface area contributed by atoms with Crippen LogP contribution in [0.2, 0.25) is 5.02 Å². The van der Waals surface area contributed by atoms with Gasteiger partial charge in [-0.15, -0.1) is 0 Å². The largest absolute Gasteiger partial charge is 0.388 e. The van der Waals surface area contributed by atoms with Crippen molar-refractivity contribution in [1.82, 2.24) is 20.2 Å². The van der Waals surface area contributed by atoms with Gasteiger partial charge in [-0.25, -0.2) is 4.98 Å². The molecule has 2 atom stereocenters. The number of halogens is 2. The van der Waals surface area contributed by atoms with Crippen LogP contribution in [0.15, 0.2) is 71.0 Å². The predicted octanol–water partition coefficient (Wildman–Crippen LogP) is 4.03. The Bertz CT molecular complexity index is 1450. The summed E-state index contributed by atoms with van der Waals surface area (Å²) < 4.78 is 1.70. The monoisotopic (exact) mass is 581 g/mol. The number of carbonyl (C=O) groups is 1. The molecule has 0 radical (unpaired) electrons. The zero-order valence-corrected chi connectivity index (χ0v) is 23.6. The molecule has 1 fully saturated rings.